The van der Waals surface area contributed by atoms with Gasteiger partial charge in [0.05, 0.1) is 18.5 Å². The van der Waals surface area contributed by atoms with E-state index in [4.69, 9.17) is 4.74 Å². The van der Waals surface area contributed by atoms with Gasteiger partial charge in [0.1, 0.15) is 5.75 Å². The van der Waals surface area contributed by atoms with Gasteiger partial charge in [-0.1, -0.05) is 0 Å². The Bertz CT molecular complexity index is 1150. The molecule has 2 aromatic heterocycles. The minimum Gasteiger partial charge on any atom is -0.496 e. The van der Waals surface area contributed by atoms with Crippen molar-refractivity contribution in [1.29, 1.82) is 0 Å². The fourth-order valence-electron chi connectivity index (χ4n) is 5.66. The zero-order valence-corrected chi connectivity index (χ0v) is 20.6. The van der Waals surface area contributed by atoms with Crippen molar-refractivity contribution in [2.24, 2.45) is 0 Å². The number of benzene rings is 1. The molecule has 5 rings (SSSR count). The van der Waals surface area contributed by atoms with E-state index in [1.807, 2.05) is 6.20 Å². The number of anilines is 1. The van der Waals surface area contributed by atoms with Crippen molar-refractivity contribution >= 4 is 16.6 Å². The van der Waals surface area contributed by atoms with Crippen molar-refractivity contribution in [2.75, 3.05) is 19.1 Å². The van der Waals surface area contributed by atoms with Crippen LogP contribution in [0.15, 0.2) is 36.5 Å². The standard InChI is InChI=1S/C27H35N5O/c1-26(2)15-19(16-27(3,4)31-26)32(5)24-10-9-22(29-30-24)21-14-20-18(13-23(21)33-6)11-12-28-25(20)17-7-8-17/h9-14,17,19,31H,7-8,15-16H2,1-6H3. The van der Waals surface area contributed by atoms with Crippen LogP contribution in [0.1, 0.15) is 65.0 Å². The Labute approximate surface area is 196 Å². The summed E-state index contributed by atoms with van der Waals surface area (Å²) in [5.74, 6) is 2.29. The summed E-state index contributed by atoms with van der Waals surface area (Å²) in [7, 11) is 3.85. The van der Waals surface area contributed by atoms with E-state index in [-0.39, 0.29) is 11.1 Å². The van der Waals surface area contributed by atoms with Crippen LogP contribution in [0.25, 0.3) is 22.0 Å². The lowest BCUT2D eigenvalue weighted by atomic mass is 9.79. The van der Waals surface area contributed by atoms with Crippen molar-refractivity contribution < 1.29 is 4.74 Å². The highest BCUT2D eigenvalue weighted by molar-refractivity contribution is 5.92. The van der Waals surface area contributed by atoms with Gasteiger partial charge in [0.15, 0.2) is 5.82 Å². The molecule has 1 aromatic carbocycles. The molecular formula is C27H35N5O. The number of nitrogens with one attached hydrogen (secondary N) is 1. The minimum absolute atomic E-state index is 0.0831. The number of hydrogen-bond acceptors (Lipinski definition) is 6. The first kappa shape index (κ1) is 22.1. The molecule has 1 saturated heterocycles. The molecule has 1 aliphatic carbocycles. The summed E-state index contributed by atoms with van der Waals surface area (Å²) in [5.41, 5.74) is 3.14. The highest BCUT2D eigenvalue weighted by Crippen LogP contribution is 2.44. The lowest BCUT2D eigenvalue weighted by molar-refractivity contribution is 0.160. The molecule has 3 heterocycles. The molecule has 174 valence electrons. The number of pyridine rings is 1. The largest absolute Gasteiger partial charge is 0.496 e. The molecule has 0 radical (unpaired) electrons. The number of fused-ring (bicyclic) bond motifs is 1. The third-order valence-corrected chi connectivity index (χ3v) is 7.08. The number of rotatable bonds is 5. The average Bonchev–Trinajstić information content (AvgIpc) is 3.60. The zero-order valence-electron chi connectivity index (χ0n) is 20.6. The van der Waals surface area contributed by atoms with E-state index in [1.165, 1.54) is 23.9 Å². The van der Waals surface area contributed by atoms with Crippen LogP contribution in [0.4, 0.5) is 5.82 Å². The van der Waals surface area contributed by atoms with Crippen LogP contribution in [-0.4, -0.2) is 46.5 Å². The Morgan fingerprint density at radius 1 is 1.00 bits per heavy atom. The fraction of sp³-hybridized carbons (Fsp3) is 0.519. The van der Waals surface area contributed by atoms with E-state index in [0.29, 0.717) is 12.0 Å². The van der Waals surface area contributed by atoms with Gasteiger partial charge in [-0.15, -0.1) is 10.2 Å². The summed E-state index contributed by atoms with van der Waals surface area (Å²) < 4.78 is 5.74. The maximum Gasteiger partial charge on any atom is 0.151 e. The molecule has 3 aromatic rings. The van der Waals surface area contributed by atoms with Gasteiger partial charge >= 0.3 is 0 Å². The van der Waals surface area contributed by atoms with Gasteiger partial charge in [0, 0.05) is 47.2 Å². The van der Waals surface area contributed by atoms with Gasteiger partial charge in [-0.05, 0) is 89.1 Å². The van der Waals surface area contributed by atoms with Gasteiger partial charge in [0.2, 0.25) is 0 Å². The molecule has 0 bridgehead atoms. The number of nitrogens with zero attached hydrogens (tertiary/aromatic N) is 4. The molecule has 2 aliphatic rings. The lowest BCUT2D eigenvalue weighted by Gasteiger charge is -2.49. The SMILES string of the molecule is COc1cc2ccnc(C3CC3)c2cc1-c1ccc(N(C)C2CC(C)(C)NC(C)(C)C2)nn1. The number of hydrogen-bond donors (Lipinski definition) is 1. The van der Waals surface area contributed by atoms with E-state index in [0.717, 1.165) is 41.1 Å². The Hall–Kier alpha value is -2.73. The summed E-state index contributed by atoms with van der Waals surface area (Å²) in [6.45, 7) is 9.11. The van der Waals surface area contributed by atoms with Gasteiger partial charge in [0.25, 0.3) is 0 Å². The molecule has 0 unspecified atom stereocenters. The fourth-order valence-corrected chi connectivity index (χ4v) is 5.66. The predicted molar refractivity (Wildman–Crippen MR) is 134 cm³/mol. The topological polar surface area (TPSA) is 63.2 Å². The third-order valence-electron chi connectivity index (χ3n) is 7.08. The number of aromatic nitrogens is 3. The van der Waals surface area contributed by atoms with E-state index >= 15 is 0 Å². The minimum atomic E-state index is 0.0831. The smallest absolute Gasteiger partial charge is 0.151 e. The van der Waals surface area contributed by atoms with Crippen molar-refractivity contribution in [3.05, 3.63) is 42.2 Å². The summed E-state index contributed by atoms with van der Waals surface area (Å²) in [4.78, 5) is 6.97. The van der Waals surface area contributed by atoms with Crippen molar-refractivity contribution in [1.82, 2.24) is 20.5 Å². The van der Waals surface area contributed by atoms with Crippen molar-refractivity contribution in [3.63, 3.8) is 0 Å². The lowest BCUT2D eigenvalue weighted by Crippen LogP contribution is -2.62. The highest BCUT2D eigenvalue weighted by atomic mass is 16.5. The molecule has 33 heavy (non-hydrogen) atoms. The summed E-state index contributed by atoms with van der Waals surface area (Å²) in [5, 5.41) is 15.4. The second-order valence-corrected chi connectivity index (χ2v) is 11.1. The van der Waals surface area contributed by atoms with Crippen molar-refractivity contribution in [2.45, 2.75) is 76.4 Å². The highest BCUT2D eigenvalue weighted by Gasteiger charge is 2.39. The average molecular weight is 446 g/mol. The van der Waals surface area contributed by atoms with Crippen LogP contribution in [0.2, 0.25) is 0 Å². The molecule has 0 amide bonds. The van der Waals surface area contributed by atoms with Gasteiger partial charge in [-0.25, -0.2) is 0 Å². The first-order chi connectivity index (χ1) is 15.7. The molecule has 0 atom stereocenters. The maximum absolute atomic E-state index is 5.74. The molecular weight excluding hydrogens is 410 g/mol. The first-order valence-electron chi connectivity index (χ1n) is 12.0. The van der Waals surface area contributed by atoms with Crippen LogP contribution in [0.5, 0.6) is 5.75 Å². The van der Waals surface area contributed by atoms with Crippen molar-refractivity contribution in [3.8, 4) is 17.0 Å². The summed E-state index contributed by atoms with van der Waals surface area (Å²) in [6, 6.07) is 10.9. The van der Waals surface area contributed by atoms with Gasteiger partial charge in [-0.3, -0.25) is 4.98 Å². The third kappa shape index (κ3) is 4.41. The van der Waals surface area contributed by atoms with E-state index in [2.05, 4.69) is 90.5 Å². The molecule has 0 spiro atoms. The summed E-state index contributed by atoms with van der Waals surface area (Å²) >= 11 is 0. The second-order valence-electron chi connectivity index (χ2n) is 11.1. The number of methoxy groups -OCH3 is 1. The molecule has 1 aliphatic heterocycles. The molecule has 2 fully saturated rings. The van der Waals surface area contributed by atoms with Crippen LogP contribution in [-0.2, 0) is 0 Å². The van der Waals surface area contributed by atoms with Crippen LogP contribution in [0.3, 0.4) is 0 Å². The molecule has 6 nitrogen and oxygen atoms in total. The van der Waals surface area contributed by atoms with Crippen LogP contribution < -0.4 is 15.0 Å². The predicted octanol–water partition coefficient (Wildman–Crippen LogP) is 5.32. The normalized spacial score (nSPS) is 20.1. The molecule has 1 N–H and O–H groups in total. The zero-order chi connectivity index (χ0) is 23.4. The Morgan fingerprint density at radius 3 is 2.33 bits per heavy atom. The molecule has 1 saturated carbocycles. The van der Waals surface area contributed by atoms with Gasteiger partial charge < -0.3 is 15.0 Å². The summed E-state index contributed by atoms with van der Waals surface area (Å²) in [6.07, 6.45) is 6.47. The second kappa shape index (κ2) is 7.94. The number of piperidine rings is 1. The molecule has 6 heteroatoms. The van der Waals surface area contributed by atoms with Gasteiger partial charge in [-0.2, -0.15) is 0 Å². The number of ether oxygens (including phenoxy) is 1. The van der Waals surface area contributed by atoms with Crippen LogP contribution in [0, 0.1) is 0 Å². The quantitative estimate of drug-likeness (QED) is 0.573. The Balaban J connectivity index is 1.46. The van der Waals surface area contributed by atoms with E-state index in [1.54, 1.807) is 7.11 Å². The first-order valence-corrected chi connectivity index (χ1v) is 12.0. The Kier molecular flexibility index (Phi) is 5.31. The van der Waals surface area contributed by atoms with E-state index < -0.39 is 0 Å². The monoisotopic (exact) mass is 445 g/mol. The maximum atomic E-state index is 5.74. The van der Waals surface area contributed by atoms with E-state index in [9.17, 15) is 0 Å². The Morgan fingerprint density at radius 2 is 1.73 bits per heavy atom. The van der Waals surface area contributed by atoms with Crippen LogP contribution >= 0.6 is 0 Å².